The first kappa shape index (κ1) is 51.1. The Hall–Kier alpha value is -2.28. The second-order valence-corrected chi connectivity index (χ2v) is 10.4. The summed E-state index contributed by atoms with van der Waals surface area (Å²) in [5.41, 5.74) is 9.00. The van der Waals surface area contributed by atoms with Crippen molar-refractivity contribution in [3.63, 3.8) is 0 Å². The fourth-order valence-corrected chi connectivity index (χ4v) is 4.10. The van der Waals surface area contributed by atoms with Crippen LogP contribution in [0.2, 0.25) is 21.1 Å². The van der Waals surface area contributed by atoms with Gasteiger partial charge >= 0.3 is 0 Å². The summed E-state index contributed by atoms with van der Waals surface area (Å²) < 4.78 is 0. The fourth-order valence-electron chi connectivity index (χ4n) is 2.17. The topological polar surface area (TPSA) is 255 Å². The predicted octanol–water partition coefficient (Wildman–Crippen LogP) is 4.44. The van der Waals surface area contributed by atoms with Crippen molar-refractivity contribution >= 4 is 118 Å². The molecule has 0 aliphatic carbocycles. The molecule has 276 valence electrons. The molecular formula is C23H42Cl4N18S4. The zero-order valence-corrected chi connectivity index (χ0v) is 35.1. The molecule has 0 aliphatic heterocycles. The first-order valence-corrected chi connectivity index (χ1v) is 19.1. The lowest BCUT2D eigenvalue weighted by Crippen LogP contribution is -2.04. The summed E-state index contributed by atoms with van der Waals surface area (Å²) >= 11 is 29.5. The Labute approximate surface area is 325 Å². The molecule has 4 rings (SSSR count). The molecule has 0 radical (unpaired) electrons. The molecule has 26 heteroatoms. The predicted molar refractivity (Wildman–Crippen MR) is 213 cm³/mol. The number of aryl methyl sites for hydroxylation is 1. The van der Waals surface area contributed by atoms with Crippen LogP contribution in [0.5, 0.6) is 0 Å². The third kappa shape index (κ3) is 24.5. The van der Waals surface area contributed by atoms with Crippen LogP contribution in [0.4, 0.5) is 23.8 Å². The number of nitrogens with two attached hydrogens (primary N) is 2. The second-order valence-electron chi connectivity index (χ2n) is 6.72. The average Bonchev–Trinajstić information content (AvgIpc) is 3.13. The fraction of sp³-hybridized carbons (Fsp3) is 0.478. The summed E-state index contributed by atoms with van der Waals surface area (Å²) in [7, 11) is 10.1. The number of hydrogen-bond donors (Lipinski definition) is 7. The summed E-state index contributed by atoms with van der Waals surface area (Å²) in [4.78, 5) is 46.6. The van der Waals surface area contributed by atoms with E-state index in [2.05, 4.69) is 105 Å². The number of aromatic nitrogens is 12. The van der Waals surface area contributed by atoms with Crippen LogP contribution in [0, 0.1) is 6.92 Å². The second kappa shape index (κ2) is 32.9. The van der Waals surface area contributed by atoms with Gasteiger partial charge in [0.1, 0.15) is 5.82 Å². The number of thioether (sulfide) groups is 3. The molecule has 0 saturated heterocycles. The van der Waals surface area contributed by atoms with Crippen LogP contribution < -0.4 is 32.7 Å². The van der Waals surface area contributed by atoms with Crippen LogP contribution in [0.25, 0.3) is 0 Å². The van der Waals surface area contributed by atoms with Crippen molar-refractivity contribution < 1.29 is 0 Å². The van der Waals surface area contributed by atoms with Gasteiger partial charge in [-0.3, -0.25) is 0 Å². The Kier molecular flexibility index (Phi) is 34.3. The standard InChI is InChI=1S/C6H11N5S.C6H10N4S.C5H7ClN4S.C3Cl3N3.2CH5N.CH4S/c1-7-4-9-5(8-2)11-6(10-4)12-3;1-4-8-5(7-2)10-6(9-4)11-3;1-7-4-8-3(6)9-5(10-4)11-2;4-1-7-2(5)9-3(6)8-1;3*1-2/h1-3H3,(H2,7,8,9,10,11);1-3H3,(H,7,8,9,10);1-2H3,(H,7,8,9,10);;2*2H2,1H3;2H,1H3. The first-order valence-electron chi connectivity index (χ1n) is 13.1. The maximum atomic E-state index is 5.59. The van der Waals surface area contributed by atoms with E-state index in [-0.39, 0.29) is 21.1 Å². The van der Waals surface area contributed by atoms with Gasteiger partial charge in [-0.1, -0.05) is 35.3 Å². The molecule has 0 saturated carbocycles. The zero-order valence-electron chi connectivity index (χ0n) is 28.7. The summed E-state index contributed by atoms with van der Waals surface area (Å²) in [6.07, 6.45) is 7.44. The third-order valence-corrected chi connectivity index (χ3v) is 6.24. The molecule has 0 atom stereocenters. The molecule has 0 bridgehead atoms. The van der Waals surface area contributed by atoms with Gasteiger partial charge in [-0.05, 0) is 92.4 Å². The summed E-state index contributed by atoms with van der Waals surface area (Å²) in [6, 6.07) is 0. The molecule has 18 nitrogen and oxygen atoms in total. The number of hydrogen-bond acceptors (Lipinski definition) is 22. The largest absolute Gasteiger partial charge is 0.357 e. The zero-order chi connectivity index (χ0) is 38.4. The lowest BCUT2D eigenvalue weighted by atomic mass is 10.7. The van der Waals surface area contributed by atoms with Crippen LogP contribution in [-0.2, 0) is 0 Å². The van der Waals surface area contributed by atoms with Crippen LogP contribution in [0.1, 0.15) is 5.82 Å². The van der Waals surface area contributed by atoms with Gasteiger partial charge < -0.3 is 32.7 Å². The van der Waals surface area contributed by atoms with Crippen molar-refractivity contribution in [3.8, 4) is 0 Å². The molecular weight excluding hydrogens is 798 g/mol. The van der Waals surface area contributed by atoms with E-state index in [1.165, 1.54) is 49.4 Å². The molecule has 8 N–H and O–H groups in total. The van der Waals surface area contributed by atoms with Crippen LogP contribution in [0.3, 0.4) is 0 Å². The van der Waals surface area contributed by atoms with Crippen molar-refractivity contribution in [2.45, 2.75) is 22.4 Å². The summed E-state index contributed by atoms with van der Waals surface area (Å²) in [6.45, 7) is 1.85. The normalized spacial score (nSPS) is 8.86. The van der Waals surface area contributed by atoms with E-state index in [1.54, 1.807) is 34.4 Å². The van der Waals surface area contributed by atoms with E-state index >= 15 is 0 Å². The van der Waals surface area contributed by atoms with Crippen LogP contribution in [0.15, 0.2) is 15.5 Å². The summed E-state index contributed by atoms with van der Waals surface area (Å²) in [5.74, 6) is 3.03. The number of thiol groups is 1. The van der Waals surface area contributed by atoms with Crippen molar-refractivity contribution in [1.82, 2.24) is 59.8 Å². The van der Waals surface area contributed by atoms with Gasteiger partial charge in [0.15, 0.2) is 15.5 Å². The van der Waals surface area contributed by atoms with Gasteiger partial charge in [0, 0.05) is 28.2 Å². The molecule has 0 aromatic carbocycles. The quantitative estimate of drug-likeness (QED) is 0.100. The van der Waals surface area contributed by atoms with Crippen molar-refractivity contribution in [2.75, 3.05) is 88.6 Å². The monoisotopic (exact) mass is 838 g/mol. The van der Waals surface area contributed by atoms with E-state index in [1.807, 2.05) is 25.7 Å². The van der Waals surface area contributed by atoms with Crippen LogP contribution in [-0.4, -0.2) is 127 Å². The Morgan fingerprint density at radius 3 is 1.02 bits per heavy atom. The Balaban J connectivity index is -0.000000548. The molecule has 49 heavy (non-hydrogen) atoms. The SMILES string of the molecule is CN.CN.CNc1nc(C)nc(SC)n1.CNc1nc(Cl)nc(SC)n1.CNc1nc(NC)nc(SC)n1.CS.Clc1nc(Cl)nc(Cl)n1. The first-order chi connectivity index (χ1) is 23.5. The maximum Gasteiger partial charge on any atom is 0.228 e. The Morgan fingerprint density at radius 1 is 0.429 bits per heavy atom. The molecule has 4 aromatic heterocycles. The molecule has 4 aromatic rings. The molecule has 0 unspecified atom stereocenters. The van der Waals surface area contributed by atoms with E-state index in [4.69, 9.17) is 46.4 Å². The highest BCUT2D eigenvalue weighted by Gasteiger charge is 2.03. The van der Waals surface area contributed by atoms with Crippen LogP contribution >= 0.6 is 94.3 Å². The molecule has 0 amide bonds. The van der Waals surface area contributed by atoms with Gasteiger partial charge in [0.2, 0.25) is 44.9 Å². The van der Waals surface area contributed by atoms with E-state index in [9.17, 15) is 0 Å². The molecule has 4 heterocycles. The van der Waals surface area contributed by atoms with Crippen molar-refractivity contribution in [3.05, 3.63) is 27.0 Å². The average molecular weight is 841 g/mol. The minimum Gasteiger partial charge on any atom is -0.357 e. The van der Waals surface area contributed by atoms with E-state index < -0.39 is 0 Å². The molecule has 0 spiro atoms. The Bertz CT molecular complexity index is 1230. The third-order valence-electron chi connectivity index (χ3n) is 3.92. The number of nitrogens with one attached hydrogen (secondary N) is 4. The number of rotatable bonds is 7. The highest BCUT2D eigenvalue weighted by atomic mass is 35.5. The highest BCUT2D eigenvalue weighted by Crippen LogP contribution is 2.14. The van der Waals surface area contributed by atoms with Gasteiger partial charge in [0.05, 0.1) is 0 Å². The summed E-state index contributed by atoms with van der Waals surface area (Å²) in [5, 5.41) is 13.7. The maximum absolute atomic E-state index is 5.59. The van der Waals surface area contributed by atoms with Gasteiger partial charge in [0.25, 0.3) is 0 Å². The highest BCUT2D eigenvalue weighted by molar-refractivity contribution is 7.98. The van der Waals surface area contributed by atoms with Gasteiger partial charge in [-0.2, -0.15) is 67.5 Å². The molecule has 0 aliphatic rings. The smallest absolute Gasteiger partial charge is 0.228 e. The lowest BCUT2D eigenvalue weighted by molar-refractivity contribution is 0.865. The lowest BCUT2D eigenvalue weighted by Gasteiger charge is -2.03. The van der Waals surface area contributed by atoms with Crippen molar-refractivity contribution in [1.29, 1.82) is 0 Å². The molecule has 0 fully saturated rings. The minimum atomic E-state index is 0.000000000000000444. The van der Waals surface area contributed by atoms with Gasteiger partial charge in [-0.15, -0.1) is 0 Å². The number of nitrogens with zero attached hydrogens (tertiary/aromatic N) is 12. The van der Waals surface area contributed by atoms with Gasteiger partial charge in [-0.25, -0.2) is 4.98 Å². The Morgan fingerprint density at radius 2 is 0.694 bits per heavy atom. The minimum absolute atomic E-state index is 0.000000000000000444. The number of anilines is 4. The van der Waals surface area contributed by atoms with Crippen molar-refractivity contribution in [2.24, 2.45) is 11.5 Å². The van der Waals surface area contributed by atoms with E-state index in [0.717, 1.165) is 11.0 Å². The number of halogens is 4. The van der Waals surface area contributed by atoms with E-state index in [0.29, 0.717) is 34.1 Å².